The molecule has 2 heterocycles. The van der Waals surface area contributed by atoms with Gasteiger partial charge >= 0.3 is 6.18 Å². The molecule has 2 aliphatic carbocycles. The molecule has 5 nitrogen and oxygen atoms in total. The molecule has 2 aliphatic heterocycles. The predicted molar refractivity (Wildman–Crippen MR) is 169 cm³/mol. The van der Waals surface area contributed by atoms with Crippen molar-refractivity contribution in [3.8, 4) is 23.3 Å². The van der Waals surface area contributed by atoms with Crippen LogP contribution in [0, 0.1) is 23.7 Å². The highest BCUT2D eigenvalue weighted by Gasteiger charge is 2.69. The van der Waals surface area contributed by atoms with Crippen LogP contribution >= 0.6 is 0 Å². The van der Waals surface area contributed by atoms with E-state index in [0.717, 1.165) is 85.2 Å². The number of likely N-dealkylation sites (tertiary alicyclic amines) is 1. The number of ether oxygens (including phenoxy) is 1. The average molecular weight is 630 g/mol. The molecule has 1 saturated carbocycles. The van der Waals surface area contributed by atoms with E-state index in [9.17, 15) is 23.1 Å². The summed E-state index contributed by atoms with van der Waals surface area (Å²) in [5.41, 5.74) is 2.76. The molecular formula is C38H40F3N2O3+. The summed E-state index contributed by atoms with van der Waals surface area (Å²) in [6.45, 7) is 7.73. The van der Waals surface area contributed by atoms with E-state index in [1.165, 1.54) is 17.7 Å². The molecule has 240 valence electrons. The second kappa shape index (κ2) is 11.4. The molecule has 1 spiro atoms. The minimum Gasteiger partial charge on any atom is -0.508 e. The Bertz CT molecular complexity index is 1690. The van der Waals surface area contributed by atoms with E-state index in [1.54, 1.807) is 6.07 Å². The van der Waals surface area contributed by atoms with E-state index in [-0.39, 0.29) is 17.6 Å². The summed E-state index contributed by atoms with van der Waals surface area (Å²) in [6.07, 6.45) is -0.307. The van der Waals surface area contributed by atoms with Crippen molar-refractivity contribution in [1.82, 2.24) is 5.32 Å². The second-order valence-corrected chi connectivity index (χ2v) is 14.1. The Balaban J connectivity index is 1.18. The molecule has 2 N–H and O–H groups in total. The number of rotatable bonds is 6. The van der Waals surface area contributed by atoms with Crippen LogP contribution < -0.4 is 10.1 Å². The topological polar surface area (TPSA) is 58.6 Å². The lowest BCUT2D eigenvalue weighted by atomic mass is 9.50. The standard InChI is InChI=1S/C38H39F3N2O3/c1-24(2)23-43(20-18-25-6-4-3-5-7-25)21-19-37-29-13-14-30(36(37)46-33-16-15-32(44)28(35(33)37)22-31(29)43)42-34(45)17-10-26-8-11-27(12-9-26)38(39,40)41/h3-9,11-12,15-16,24,29-31,36H,13-14,18-23H2,1-2H3,(H-,42,44,45)/p+1/t29-,30+,31+,36-,37-,43?/m0/s1. The molecule has 1 saturated heterocycles. The lowest BCUT2D eigenvalue weighted by Crippen LogP contribution is -2.75. The zero-order chi connectivity index (χ0) is 32.3. The fourth-order valence-corrected chi connectivity index (χ4v) is 9.45. The lowest BCUT2D eigenvalue weighted by Gasteiger charge is -2.63. The van der Waals surface area contributed by atoms with Crippen molar-refractivity contribution < 1.29 is 32.3 Å². The van der Waals surface area contributed by atoms with Crippen LogP contribution in [0.4, 0.5) is 13.2 Å². The van der Waals surface area contributed by atoms with Crippen LogP contribution in [0.25, 0.3) is 0 Å². The Kier molecular flexibility index (Phi) is 7.59. The van der Waals surface area contributed by atoms with Gasteiger partial charge in [-0.15, -0.1) is 0 Å². The van der Waals surface area contributed by atoms with Crippen molar-refractivity contribution in [2.75, 3.05) is 19.6 Å². The summed E-state index contributed by atoms with van der Waals surface area (Å²) >= 11 is 0. The van der Waals surface area contributed by atoms with Crippen molar-refractivity contribution in [2.24, 2.45) is 11.8 Å². The third-order valence-electron chi connectivity index (χ3n) is 11.1. The Labute approximate surface area is 268 Å². The quantitative estimate of drug-likeness (QED) is 0.245. The fraction of sp³-hybridized carbons (Fsp3) is 0.447. The maximum absolute atomic E-state index is 13.1. The lowest BCUT2D eigenvalue weighted by molar-refractivity contribution is -0.964. The summed E-state index contributed by atoms with van der Waals surface area (Å²) in [5, 5.41) is 14.4. The number of benzene rings is 3. The van der Waals surface area contributed by atoms with Crippen molar-refractivity contribution in [2.45, 2.75) is 75.7 Å². The van der Waals surface area contributed by atoms with E-state index in [1.807, 2.05) is 6.07 Å². The molecule has 2 bridgehead atoms. The van der Waals surface area contributed by atoms with Crippen LogP contribution in [0.3, 0.4) is 0 Å². The van der Waals surface area contributed by atoms with Crippen molar-refractivity contribution >= 4 is 5.91 Å². The minimum atomic E-state index is -4.43. The molecule has 8 heteroatoms. The van der Waals surface area contributed by atoms with Gasteiger partial charge in [0.25, 0.3) is 5.91 Å². The van der Waals surface area contributed by atoms with Gasteiger partial charge in [-0.2, -0.15) is 13.2 Å². The molecule has 7 rings (SSSR count). The SMILES string of the molecule is CC(C)C[N+]1(CCc2ccccc2)CC[C@@]23c4c5ccc(O)c4C[C@@H]1[C@@H]2CC[C@@H](NC(=O)C#Cc1ccc(C(F)(F)F)cc1)[C@@H]3O5. The minimum absolute atomic E-state index is 0.277. The molecule has 3 aromatic rings. The number of quaternary nitrogens is 1. The summed E-state index contributed by atoms with van der Waals surface area (Å²) in [7, 11) is 0. The van der Waals surface area contributed by atoms with Gasteiger partial charge in [-0.1, -0.05) is 50.1 Å². The van der Waals surface area contributed by atoms with Crippen LogP contribution in [0.1, 0.15) is 60.9 Å². The Hall–Kier alpha value is -3.96. The van der Waals surface area contributed by atoms with Gasteiger partial charge in [0.1, 0.15) is 17.6 Å². The van der Waals surface area contributed by atoms with Gasteiger partial charge in [-0.3, -0.25) is 4.79 Å². The molecule has 0 aromatic heterocycles. The smallest absolute Gasteiger partial charge is 0.416 e. The number of piperidine rings is 1. The van der Waals surface area contributed by atoms with Gasteiger partial charge in [0.05, 0.1) is 42.7 Å². The molecule has 3 aromatic carbocycles. The number of nitrogens with zero attached hydrogens (tertiary/aromatic N) is 1. The van der Waals surface area contributed by atoms with E-state index in [4.69, 9.17) is 4.74 Å². The first kappa shape index (κ1) is 30.7. The predicted octanol–water partition coefficient (Wildman–Crippen LogP) is 6.40. The highest BCUT2D eigenvalue weighted by molar-refractivity contribution is 5.94. The van der Waals surface area contributed by atoms with Crippen molar-refractivity contribution in [3.63, 3.8) is 0 Å². The molecule has 0 radical (unpaired) electrons. The monoisotopic (exact) mass is 629 g/mol. The van der Waals surface area contributed by atoms with Crippen LogP contribution in [-0.2, 0) is 29.2 Å². The maximum Gasteiger partial charge on any atom is 0.416 e. The number of nitrogens with one attached hydrogen (secondary N) is 1. The van der Waals surface area contributed by atoms with Crippen LogP contribution in [0.2, 0.25) is 0 Å². The first-order chi connectivity index (χ1) is 22.0. The van der Waals surface area contributed by atoms with E-state index >= 15 is 0 Å². The highest BCUT2D eigenvalue weighted by Crippen LogP contribution is 2.64. The summed E-state index contributed by atoms with van der Waals surface area (Å²) in [4.78, 5) is 13.1. The van der Waals surface area contributed by atoms with Crippen LogP contribution in [0.15, 0.2) is 66.7 Å². The number of phenolic OH excluding ortho intramolecular Hbond substituents is 1. The molecule has 1 unspecified atom stereocenters. The summed E-state index contributed by atoms with van der Waals surface area (Å²) in [5.74, 6) is 6.84. The molecular weight excluding hydrogens is 589 g/mol. The largest absolute Gasteiger partial charge is 0.508 e. The van der Waals surface area contributed by atoms with Gasteiger partial charge in [0.2, 0.25) is 0 Å². The zero-order valence-corrected chi connectivity index (χ0v) is 26.2. The van der Waals surface area contributed by atoms with Crippen LogP contribution in [0.5, 0.6) is 11.5 Å². The van der Waals surface area contributed by atoms with Gasteiger partial charge in [-0.05, 0) is 54.8 Å². The van der Waals surface area contributed by atoms with Gasteiger partial charge in [0, 0.05) is 53.7 Å². The zero-order valence-electron chi connectivity index (χ0n) is 26.2. The normalized spacial score (nSPS) is 28.9. The van der Waals surface area contributed by atoms with Gasteiger partial charge in [-0.25, -0.2) is 0 Å². The Morgan fingerprint density at radius 2 is 1.85 bits per heavy atom. The van der Waals surface area contributed by atoms with Crippen molar-refractivity contribution in [3.05, 3.63) is 94.5 Å². The molecule has 6 atom stereocenters. The summed E-state index contributed by atoms with van der Waals surface area (Å²) in [6, 6.07) is 18.9. The number of phenols is 1. The van der Waals surface area contributed by atoms with E-state index in [0.29, 0.717) is 29.2 Å². The van der Waals surface area contributed by atoms with E-state index < -0.39 is 17.6 Å². The number of halogens is 3. The number of amides is 1. The highest BCUT2D eigenvalue weighted by atomic mass is 19.4. The number of hydrogen-bond donors (Lipinski definition) is 2. The first-order valence-electron chi connectivity index (χ1n) is 16.4. The Morgan fingerprint density at radius 3 is 2.57 bits per heavy atom. The molecule has 2 fully saturated rings. The number of carbonyl (C=O) groups excluding carboxylic acids is 1. The molecule has 4 aliphatic rings. The Morgan fingerprint density at radius 1 is 1.09 bits per heavy atom. The number of hydrogen-bond acceptors (Lipinski definition) is 3. The average Bonchev–Trinajstić information content (AvgIpc) is 3.37. The molecule has 46 heavy (non-hydrogen) atoms. The molecule has 1 amide bonds. The van der Waals surface area contributed by atoms with Gasteiger partial charge in [0.15, 0.2) is 0 Å². The van der Waals surface area contributed by atoms with Crippen LogP contribution in [-0.4, -0.2) is 53.3 Å². The number of alkyl halides is 3. The third kappa shape index (κ3) is 5.13. The van der Waals surface area contributed by atoms with Gasteiger partial charge < -0.3 is 19.6 Å². The number of aromatic hydroxyl groups is 1. The number of carbonyl (C=O) groups is 1. The second-order valence-electron chi connectivity index (χ2n) is 14.1. The third-order valence-corrected chi connectivity index (χ3v) is 11.1. The summed E-state index contributed by atoms with van der Waals surface area (Å²) < 4.78 is 46.6. The fourth-order valence-electron chi connectivity index (χ4n) is 9.45. The first-order valence-corrected chi connectivity index (χ1v) is 16.4. The van der Waals surface area contributed by atoms with Crippen molar-refractivity contribution in [1.29, 1.82) is 0 Å². The van der Waals surface area contributed by atoms with E-state index in [2.05, 4.69) is 61.3 Å². The maximum atomic E-state index is 13.1.